The van der Waals surface area contributed by atoms with E-state index in [-0.39, 0.29) is 0 Å². The normalized spacial score (nSPS) is 15.0. The minimum absolute atomic E-state index is 0.443. The van der Waals surface area contributed by atoms with Crippen molar-refractivity contribution < 1.29 is 0 Å². The molecule has 0 spiro atoms. The predicted octanol–water partition coefficient (Wildman–Crippen LogP) is 2.95. The molecule has 0 amide bonds. The molecule has 0 aromatic carbocycles. The maximum atomic E-state index is 4.59. The van der Waals surface area contributed by atoms with Gasteiger partial charge in [-0.3, -0.25) is 0 Å². The molecule has 2 aromatic heterocycles. The summed E-state index contributed by atoms with van der Waals surface area (Å²) in [6, 6.07) is 5.00. The molecule has 0 unspecified atom stereocenters. The molecule has 1 aliphatic carbocycles. The minimum Gasteiger partial charge on any atom is -0.310 e. The quantitative estimate of drug-likeness (QED) is 0.908. The van der Waals surface area contributed by atoms with Gasteiger partial charge in [0.15, 0.2) is 5.82 Å². The van der Waals surface area contributed by atoms with Crippen LogP contribution in [0.2, 0.25) is 0 Å². The molecule has 1 N–H and O–H groups in total. The highest BCUT2D eigenvalue weighted by Crippen LogP contribution is 2.20. The van der Waals surface area contributed by atoms with Crippen molar-refractivity contribution in [3.05, 3.63) is 41.3 Å². The van der Waals surface area contributed by atoms with Crippen LogP contribution in [0.15, 0.2) is 24.5 Å². The van der Waals surface area contributed by atoms with E-state index in [0.29, 0.717) is 5.92 Å². The van der Waals surface area contributed by atoms with E-state index in [1.54, 1.807) is 0 Å². The fourth-order valence-corrected chi connectivity index (χ4v) is 2.28. The van der Waals surface area contributed by atoms with E-state index in [4.69, 9.17) is 0 Å². The second kappa shape index (κ2) is 5.37. The summed E-state index contributed by atoms with van der Waals surface area (Å²) in [4.78, 5) is 4.58. The molecule has 3 rings (SSSR count). The third kappa shape index (κ3) is 2.90. The highest BCUT2D eigenvalue weighted by atomic mass is 15.3. The van der Waals surface area contributed by atoms with Crippen LogP contribution in [-0.2, 0) is 6.54 Å². The maximum Gasteiger partial charge on any atom is 0.156 e. The summed E-state index contributed by atoms with van der Waals surface area (Å²) in [5, 5.41) is 8.11. The van der Waals surface area contributed by atoms with E-state index in [0.717, 1.165) is 24.1 Å². The number of pyridine rings is 1. The van der Waals surface area contributed by atoms with Crippen LogP contribution in [0.1, 0.15) is 49.4 Å². The zero-order valence-electron chi connectivity index (χ0n) is 12.4. The van der Waals surface area contributed by atoms with Crippen molar-refractivity contribution in [2.45, 2.75) is 52.1 Å². The third-order valence-corrected chi connectivity index (χ3v) is 3.70. The van der Waals surface area contributed by atoms with Gasteiger partial charge in [-0.25, -0.2) is 9.67 Å². The standard InChI is InChI=1S/C16H22N4/c1-11(2)15-6-7-20(19-15)16-12(3)8-13(10-18-16)9-17-14-4-5-14/h6-8,10-11,14,17H,4-5,9H2,1-3H3. The van der Waals surface area contributed by atoms with Crippen LogP contribution in [0.25, 0.3) is 5.82 Å². The average Bonchev–Trinajstić information content (AvgIpc) is 3.11. The van der Waals surface area contributed by atoms with Crippen molar-refractivity contribution >= 4 is 0 Å². The van der Waals surface area contributed by atoms with Gasteiger partial charge < -0.3 is 5.32 Å². The molecule has 106 valence electrons. The van der Waals surface area contributed by atoms with Crippen LogP contribution in [0.5, 0.6) is 0 Å². The first-order valence-corrected chi connectivity index (χ1v) is 7.38. The van der Waals surface area contributed by atoms with Crippen LogP contribution in [0.3, 0.4) is 0 Å². The fourth-order valence-electron chi connectivity index (χ4n) is 2.28. The largest absolute Gasteiger partial charge is 0.310 e. The maximum absolute atomic E-state index is 4.59. The minimum atomic E-state index is 0.443. The number of nitrogens with one attached hydrogen (secondary N) is 1. The molecule has 0 radical (unpaired) electrons. The van der Waals surface area contributed by atoms with Gasteiger partial charge in [-0.2, -0.15) is 5.10 Å². The third-order valence-electron chi connectivity index (χ3n) is 3.70. The molecule has 0 aliphatic heterocycles. The number of nitrogens with zero attached hydrogens (tertiary/aromatic N) is 3. The van der Waals surface area contributed by atoms with Gasteiger partial charge >= 0.3 is 0 Å². The second-order valence-corrected chi connectivity index (χ2v) is 5.98. The van der Waals surface area contributed by atoms with Crippen LogP contribution in [0, 0.1) is 6.92 Å². The Kier molecular flexibility index (Phi) is 3.57. The van der Waals surface area contributed by atoms with E-state index in [1.165, 1.54) is 24.0 Å². The summed E-state index contributed by atoms with van der Waals surface area (Å²) >= 11 is 0. The molecule has 2 heterocycles. The molecule has 1 fully saturated rings. The SMILES string of the molecule is Cc1cc(CNC2CC2)cnc1-n1ccc(C(C)C)n1. The predicted molar refractivity (Wildman–Crippen MR) is 80.0 cm³/mol. The van der Waals surface area contributed by atoms with E-state index in [2.05, 4.69) is 48.3 Å². The van der Waals surface area contributed by atoms with Crippen molar-refractivity contribution in [3.63, 3.8) is 0 Å². The van der Waals surface area contributed by atoms with Crippen molar-refractivity contribution in [1.29, 1.82) is 0 Å². The van der Waals surface area contributed by atoms with Gasteiger partial charge in [0, 0.05) is 25.0 Å². The smallest absolute Gasteiger partial charge is 0.156 e. The molecule has 2 aromatic rings. The molecular formula is C16H22N4. The Morgan fingerprint density at radius 2 is 2.20 bits per heavy atom. The van der Waals surface area contributed by atoms with E-state index in [1.807, 2.05) is 17.1 Å². The molecule has 20 heavy (non-hydrogen) atoms. The lowest BCUT2D eigenvalue weighted by atomic mass is 10.1. The van der Waals surface area contributed by atoms with Crippen molar-refractivity contribution in [2.75, 3.05) is 0 Å². The Bertz CT molecular complexity index is 596. The van der Waals surface area contributed by atoms with Gasteiger partial charge in [0.25, 0.3) is 0 Å². The van der Waals surface area contributed by atoms with E-state index >= 15 is 0 Å². The lowest BCUT2D eigenvalue weighted by Crippen LogP contribution is -2.16. The van der Waals surface area contributed by atoms with Crippen molar-refractivity contribution in [2.24, 2.45) is 0 Å². The fraction of sp³-hybridized carbons (Fsp3) is 0.500. The summed E-state index contributed by atoms with van der Waals surface area (Å²) in [6.45, 7) is 7.31. The summed E-state index contributed by atoms with van der Waals surface area (Å²) in [7, 11) is 0. The average molecular weight is 270 g/mol. The Hall–Kier alpha value is -1.68. The molecular weight excluding hydrogens is 248 g/mol. The monoisotopic (exact) mass is 270 g/mol. The van der Waals surface area contributed by atoms with Crippen molar-refractivity contribution in [1.82, 2.24) is 20.1 Å². The Balaban J connectivity index is 1.78. The second-order valence-electron chi connectivity index (χ2n) is 5.98. The van der Waals surface area contributed by atoms with Gasteiger partial charge in [-0.1, -0.05) is 13.8 Å². The Morgan fingerprint density at radius 3 is 2.80 bits per heavy atom. The number of aryl methyl sites for hydroxylation is 1. The number of hydrogen-bond donors (Lipinski definition) is 1. The Labute approximate surface area is 120 Å². The molecule has 1 aliphatic rings. The first-order chi connectivity index (χ1) is 9.63. The van der Waals surface area contributed by atoms with Gasteiger partial charge in [-0.15, -0.1) is 0 Å². The lowest BCUT2D eigenvalue weighted by molar-refractivity contribution is 0.683. The van der Waals surface area contributed by atoms with E-state index in [9.17, 15) is 0 Å². The molecule has 0 bridgehead atoms. The first kappa shape index (κ1) is 13.3. The number of rotatable bonds is 5. The van der Waals surface area contributed by atoms with Gasteiger partial charge in [0.1, 0.15) is 0 Å². The molecule has 4 nitrogen and oxygen atoms in total. The number of aromatic nitrogens is 3. The summed E-state index contributed by atoms with van der Waals surface area (Å²) < 4.78 is 1.88. The highest BCUT2D eigenvalue weighted by Gasteiger charge is 2.20. The van der Waals surface area contributed by atoms with Gasteiger partial charge in [0.2, 0.25) is 0 Å². The summed E-state index contributed by atoms with van der Waals surface area (Å²) in [5.41, 5.74) is 3.51. The van der Waals surface area contributed by atoms with Crippen molar-refractivity contribution in [3.8, 4) is 5.82 Å². The van der Waals surface area contributed by atoms with Gasteiger partial charge in [-0.05, 0) is 48.9 Å². The first-order valence-electron chi connectivity index (χ1n) is 7.38. The van der Waals surface area contributed by atoms with Crippen LogP contribution < -0.4 is 5.32 Å². The lowest BCUT2D eigenvalue weighted by Gasteiger charge is -2.08. The highest BCUT2D eigenvalue weighted by molar-refractivity contribution is 5.35. The van der Waals surface area contributed by atoms with Crippen LogP contribution in [-0.4, -0.2) is 20.8 Å². The molecule has 1 saturated carbocycles. The topological polar surface area (TPSA) is 42.7 Å². The molecule has 0 atom stereocenters. The molecule has 4 heteroatoms. The Morgan fingerprint density at radius 1 is 1.40 bits per heavy atom. The summed E-state index contributed by atoms with van der Waals surface area (Å²) in [6.07, 6.45) is 6.58. The number of hydrogen-bond acceptors (Lipinski definition) is 3. The van der Waals surface area contributed by atoms with Crippen LogP contribution in [0.4, 0.5) is 0 Å². The summed E-state index contributed by atoms with van der Waals surface area (Å²) in [5.74, 6) is 1.37. The van der Waals surface area contributed by atoms with E-state index < -0.39 is 0 Å². The zero-order valence-corrected chi connectivity index (χ0v) is 12.4. The zero-order chi connectivity index (χ0) is 14.1. The molecule has 0 saturated heterocycles. The van der Waals surface area contributed by atoms with Gasteiger partial charge in [0.05, 0.1) is 5.69 Å². The van der Waals surface area contributed by atoms with Crippen LogP contribution >= 0.6 is 0 Å².